The predicted molar refractivity (Wildman–Crippen MR) is 60.6 cm³/mol. The fraction of sp³-hybridized carbons (Fsp3) is 0.889. The van der Waals surface area contributed by atoms with E-state index in [1.54, 1.807) is 6.92 Å². The Balaban J connectivity index is 3.65. The van der Waals surface area contributed by atoms with Crippen LogP contribution in [0.3, 0.4) is 0 Å². The number of amides is 2. The minimum absolute atomic E-state index is 0.00139. The van der Waals surface area contributed by atoms with Crippen LogP contribution < -0.4 is 10.6 Å². The van der Waals surface area contributed by atoms with Crippen molar-refractivity contribution in [3.63, 3.8) is 0 Å². The Labute approximate surface area is 91.5 Å². The van der Waals surface area contributed by atoms with Crippen molar-refractivity contribution in [2.75, 3.05) is 24.6 Å². The van der Waals surface area contributed by atoms with Crippen molar-refractivity contribution >= 4 is 15.9 Å². The minimum Gasteiger partial charge on any atom is -0.338 e. The van der Waals surface area contributed by atoms with Crippen LogP contribution in [0.5, 0.6) is 0 Å². The number of carbonyl (C=O) groups excluding carboxylic acids is 1. The number of hydrogen-bond acceptors (Lipinski definition) is 3. The van der Waals surface area contributed by atoms with Crippen LogP contribution in [0.4, 0.5) is 4.79 Å². The van der Waals surface area contributed by atoms with Crippen molar-refractivity contribution in [2.24, 2.45) is 5.92 Å². The van der Waals surface area contributed by atoms with Crippen LogP contribution >= 0.6 is 0 Å². The second-order valence-electron chi connectivity index (χ2n) is 3.77. The Bertz CT molecular complexity index is 286. The van der Waals surface area contributed by atoms with E-state index in [0.717, 1.165) is 0 Å². The lowest BCUT2D eigenvalue weighted by Crippen LogP contribution is -2.39. The number of rotatable bonds is 6. The fourth-order valence-corrected chi connectivity index (χ4v) is 1.53. The summed E-state index contributed by atoms with van der Waals surface area (Å²) in [5.41, 5.74) is 0. The van der Waals surface area contributed by atoms with Crippen LogP contribution in [0, 0.1) is 5.92 Å². The van der Waals surface area contributed by atoms with E-state index in [9.17, 15) is 13.2 Å². The molecular formula is C9H20N2O3S. The van der Waals surface area contributed by atoms with Gasteiger partial charge in [-0.25, -0.2) is 13.2 Å². The average Bonchev–Trinajstić information content (AvgIpc) is 2.14. The van der Waals surface area contributed by atoms with Crippen molar-refractivity contribution in [3.05, 3.63) is 0 Å². The van der Waals surface area contributed by atoms with Gasteiger partial charge in [0, 0.05) is 18.8 Å². The highest BCUT2D eigenvalue weighted by molar-refractivity contribution is 7.91. The summed E-state index contributed by atoms with van der Waals surface area (Å²) in [4.78, 5) is 11.1. The van der Waals surface area contributed by atoms with Gasteiger partial charge in [-0.3, -0.25) is 0 Å². The number of sulfone groups is 1. The molecule has 0 aliphatic carbocycles. The SMILES string of the molecule is CCS(=O)(=O)CCNC(=O)NCC(C)C. The molecule has 0 aliphatic rings. The first-order chi connectivity index (χ1) is 6.87. The molecule has 0 radical (unpaired) electrons. The zero-order chi connectivity index (χ0) is 11.9. The van der Waals surface area contributed by atoms with E-state index < -0.39 is 9.84 Å². The van der Waals surface area contributed by atoms with Crippen molar-refractivity contribution in [1.82, 2.24) is 10.6 Å². The van der Waals surface area contributed by atoms with E-state index in [0.29, 0.717) is 12.5 Å². The van der Waals surface area contributed by atoms with Crippen LogP contribution in [0.2, 0.25) is 0 Å². The molecule has 15 heavy (non-hydrogen) atoms. The molecule has 0 aromatic carbocycles. The first-order valence-corrected chi connectivity index (χ1v) is 6.91. The molecule has 0 bridgehead atoms. The maximum atomic E-state index is 11.1. The monoisotopic (exact) mass is 236 g/mol. The van der Waals surface area contributed by atoms with Crippen LogP contribution in [0.15, 0.2) is 0 Å². The largest absolute Gasteiger partial charge is 0.338 e. The molecule has 5 nitrogen and oxygen atoms in total. The highest BCUT2D eigenvalue weighted by Crippen LogP contribution is 1.88. The van der Waals surface area contributed by atoms with Gasteiger partial charge in [-0.1, -0.05) is 20.8 Å². The summed E-state index contributed by atoms with van der Waals surface area (Å²) < 4.78 is 22.2. The van der Waals surface area contributed by atoms with Crippen molar-refractivity contribution < 1.29 is 13.2 Å². The molecule has 0 fully saturated rings. The molecule has 0 aromatic heterocycles. The molecule has 0 aromatic rings. The third-order valence-corrected chi connectivity index (χ3v) is 3.52. The van der Waals surface area contributed by atoms with E-state index >= 15 is 0 Å². The lowest BCUT2D eigenvalue weighted by molar-refractivity contribution is 0.240. The first-order valence-electron chi connectivity index (χ1n) is 5.09. The third kappa shape index (κ3) is 8.23. The summed E-state index contributed by atoms with van der Waals surface area (Å²) in [5.74, 6) is 0.496. The molecular weight excluding hydrogens is 216 g/mol. The van der Waals surface area contributed by atoms with Crippen LogP contribution in [-0.2, 0) is 9.84 Å². The van der Waals surface area contributed by atoms with E-state index in [-0.39, 0.29) is 24.1 Å². The van der Waals surface area contributed by atoms with Gasteiger partial charge >= 0.3 is 6.03 Å². The molecule has 0 saturated carbocycles. The molecule has 2 amide bonds. The molecule has 0 aliphatic heterocycles. The van der Waals surface area contributed by atoms with Crippen molar-refractivity contribution in [2.45, 2.75) is 20.8 Å². The van der Waals surface area contributed by atoms with Gasteiger partial charge in [-0.15, -0.1) is 0 Å². The van der Waals surface area contributed by atoms with Gasteiger partial charge in [0.15, 0.2) is 9.84 Å². The van der Waals surface area contributed by atoms with E-state index in [1.807, 2.05) is 13.8 Å². The van der Waals surface area contributed by atoms with Gasteiger partial charge in [0.2, 0.25) is 0 Å². The second kappa shape index (κ2) is 6.66. The molecule has 90 valence electrons. The number of nitrogens with one attached hydrogen (secondary N) is 2. The number of carbonyl (C=O) groups is 1. The van der Waals surface area contributed by atoms with Crippen LogP contribution in [-0.4, -0.2) is 39.0 Å². The quantitative estimate of drug-likeness (QED) is 0.700. The molecule has 0 heterocycles. The Kier molecular flexibility index (Phi) is 6.31. The van der Waals surface area contributed by atoms with Crippen molar-refractivity contribution in [1.29, 1.82) is 0 Å². The molecule has 2 N–H and O–H groups in total. The summed E-state index contributed by atoms with van der Waals surface area (Å²) in [6, 6.07) is -0.310. The Hall–Kier alpha value is -0.780. The molecule has 0 saturated heterocycles. The molecule has 0 spiro atoms. The second-order valence-corrected chi connectivity index (χ2v) is 6.24. The zero-order valence-corrected chi connectivity index (χ0v) is 10.4. The van der Waals surface area contributed by atoms with Gasteiger partial charge in [-0.2, -0.15) is 0 Å². The maximum Gasteiger partial charge on any atom is 0.314 e. The van der Waals surface area contributed by atoms with E-state index in [2.05, 4.69) is 10.6 Å². The summed E-state index contributed by atoms with van der Waals surface area (Å²) in [6.45, 7) is 6.32. The zero-order valence-electron chi connectivity index (χ0n) is 9.54. The van der Waals surface area contributed by atoms with Gasteiger partial charge in [0.05, 0.1) is 5.75 Å². The Morgan fingerprint density at radius 3 is 2.33 bits per heavy atom. The summed E-state index contributed by atoms with van der Waals surface area (Å²) in [5, 5.41) is 5.14. The summed E-state index contributed by atoms with van der Waals surface area (Å²) in [7, 11) is -2.99. The smallest absolute Gasteiger partial charge is 0.314 e. The number of urea groups is 1. The highest BCUT2D eigenvalue weighted by Gasteiger charge is 2.07. The molecule has 6 heteroatoms. The lowest BCUT2D eigenvalue weighted by atomic mass is 10.2. The summed E-state index contributed by atoms with van der Waals surface area (Å²) >= 11 is 0. The molecule has 0 unspecified atom stereocenters. The van der Waals surface area contributed by atoms with E-state index in [1.165, 1.54) is 0 Å². The summed E-state index contributed by atoms with van der Waals surface area (Å²) in [6.07, 6.45) is 0. The Morgan fingerprint density at radius 2 is 1.87 bits per heavy atom. The predicted octanol–water partition coefficient (Wildman–Crippen LogP) is 0.376. The molecule has 0 rings (SSSR count). The molecule has 0 atom stereocenters. The lowest BCUT2D eigenvalue weighted by Gasteiger charge is -2.09. The topological polar surface area (TPSA) is 75.3 Å². The van der Waals surface area contributed by atoms with Crippen molar-refractivity contribution in [3.8, 4) is 0 Å². The van der Waals surface area contributed by atoms with Gasteiger partial charge in [-0.05, 0) is 5.92 Å². The minimum atomic E-state index is -2.99. The van der Waals surface area contributed by atoms with E-state index in [4.69, 9.17) is 0 Å². The van der Waals surface area contributed by atoms with Gasteiger partial charge < -0.3 is 10.6 Å². The fourth-order valence-electron chi connectivity index (χ4n) is 0.824. The average molecular weight is 236 g/mol. The maximum absolute atomic E-state index is 11.1. The van der Waals surface area contributed by atoms with Gasteiger partial charge in [0.25, 0.3) is 0 Å². The normalized spacial score (nSPS) is 11.5. The third-order valence-electron chi connectivity index (χ3n) is 1.81. The first kappa shape index (κ1) is 14.2. The standard InChI is InChI=1S/C9H20N2O3S/c1-4-15(13,14)6-5-10-9(12)11-7-8(2)3/h8H,4-7H2,1-3H3,(H2,10,11,12). The number of hydrogen-bond donors (Lipinski definition) is 2. The highest BCUT2D eigenvalue weighted by atomic mass is 32.2. The van der Waals surface area contributed by atoms with Crippen LogP contribution in [0.25, 0.3) is 0 Å². The van der Waals surface area contributed by atoms with Gasteiger partial charge in [0.1, 0.15) is 0 Å². The van der Waals surface area contributed by atoms with Crippen LogP contribution in [0.1, 0.15) is 20.8 Å². The Morgan fingerprint density at radius 1 is 1.27 bits per heavy atom.